The van der Waals surface area contributed by atoms with Crippen molar-refractivity contribution in [3.63, 3.8) is 0 Å². The third-order valence-electron chi connectivity index (χ3n) is 5.36. The van der Waals surface area contributed by atoms with Gasteiger partial charge in [0.1, 0.15) is 5.75 Å². The third-order valence-corrected chi connectivity index (χ3v) is 5.36. The maximum absolute atomic E-state index is 13.0. The molecule has 6 nitrogen and oxygen atoms in total. The Kier molecular flexibility index (Phi) is 5.33. The smallest absolute Gasteiger partial charge is 0.493 e. The first-order chi connectivity index (χ1) is 12.2. The lowest BCUT2D eigenvalue weighted by atomic mass is 9.78. The molecule has 2 saturated heterocycles. The van der Waals surface area contributed by atoms with Gasteiger partial charge < -0.3 is 23.7 Å². The molecule has 1 amide bonds. The zero-order valence-corrected chi connectivity index (χ0v) is 16.3. The van der Waals surface area contributed by atoms with Crippen LogP contribution >= 0.6 is 0 Å². The molecule has 142 valence electrons. The molecular formula is C19H28BNO5. The third kappa shape index (κ3) is 3.61. The van der Waals surface area contributed by atoms with Crippen LogP contribution in [0.4, 0.5) is 0 Å². The average molecular weight is 361 g/mol. The molecular weight excluding hydrogens is 333 g/mol. The van der Waals surface area contributed by atoms with Crippen molar-refractivity contribution in [3.8, 4) is 5.75 Å². The van der Waals surface area contributed by atoms with Gasteiger partial charge in [0.25, 0.3) is 5.91 Å². The van der Waals surface area contributed by atoms with Gasteiger partial charge in [0, 0.05) is 13.1 Å². The monoisotopic (exact) mass is 361 g/mol. The fourth-order valence-corrected chi connectivity index (χ4v) is 3.06. The predicted octanol–water partition coefficient (Wildman–Crippen LogP) is 1.86. The summed E-state index contributed by atoms with van der Waals surface area (Å²) >= 11 is 0. The van der Waals surface area contributed by atoms with Gasteiger partial charge in [-0.25, -0.2) is 0 Å². The van der Waals surface area contributed by atoms with Crippen LogP contribution in [0.15, 0.2) is 18.2 Å². The summed E-state index contributed by atoms with van der Waals surface area (Å²) in [4.78, 5) is 14.8. The maximum Gasteiger partial charge on any atom is 0.494 e. The molecule has 2 fully saturated rings. The molecule has 2 aliphatic rings. The Morgan fingerprint density at radius 1 is 1.15 bits per heavy atom. The molecule has 1 aromatic carbocycles. The molecule has 26 heavy (non-hydrogen) atoms. The number of carbonyl (C=O) groups excluding carboxylic acids is 1. The summed E-state index contributed by atoms with van der Waals surface area (Å²) in [5, 5.41) is 0. The molecule has 2 aliphatic heterocycles. The van der Waals surface area contributed by atoms with Crippen LogP contribution in [0, 0.1) is 0 Å². The zero-order chi connectivity index (χ0) is 18.9. The SMILES string of the molecule is CCOc1ccc(B2OC(C)(C)C(C)(C)O2)cc1C(=O)N1CCOCC1. The highest BCUT2D eigenvalue weighted by molar-refractivity contribution is 6.62. The lowest BCUT2D eigenvalue weighted by Gasteiger charge is -2.32. The number of nitrogens with zero attached hydrogens (tertiary/aromatic N) is 1. The van der Waals surface area contributed by atoms with E-state index in [-0.39, 0.29) is 5.91 Å². The van der Waals surface area contributed by atoms with Gasteiger partial charge in [0.05, 0.1) is 36.6 Å². The van der Waals surface area contributed by atoms with E-state index < -0.39 is 18.3 Å². The van der Waals surface area contributed by atoms with Gasteiger partial charge in [-0.3, -0.25) is 4.79 Å². The minimum Gasteiger partial charge on any atom is -0.493 e. The van der Waals surface area contributed by atoms with Gasteiger partial charge in [-0.2, -0.15) is 0 Å². The fraction of sp³-hybridized carbons (Fsp3) is 0.632. The first-order valence-corrected chi connectivity index (χ1v) is 9.24. The minimum atomic E-state index is -0.507. The molecule has 0 saturated carbocycles. The Bertz CT molecular complexity index is 654. The second-order valence-electron chi connectivity index (χ2n) is 7.68. The van der Waals surface area contributed by atoms with Crippen LogP contribution < -0.4 is 10.2 Å². The van der Waals surface area contributed by atoms with Crippen molar-refractivity contribution in [2.75, 3.05) is 32.9 Å². The largest absolute Gasteiger partial charge is 0.494 e. The van der Waals surface area contributed by atoms with Crippen molar-refractivity contribution in [2.24, 2.45) is 0 Å². The van der Waals surface area contributed by atoms with Crippen molar-refractivity contribution in [1.29, 1.82) is 0 Å². The Balaban J connectivity index is 1.90. The van der Waals surface area contributed by atoms with E-state index in [1.807, 2.05) is 52.8 Å². The van der Waals surface area contributed by atoms with E-state index in [2.05, 4.69) is 0 Å². The molecule has 0 unspecified atom stereocenters. The van der Waals surface area contributed by atoms with Gasteiger partial charge in [-0.15, -0.1) is 0 Å². The summed E-state index contributed by atoms with van der Waals surface area (Å²) in [6.45, 7) is 12.8. The van der Waals surface area contributed by atoms with E-state index >= 15 is 0 Å². The molecule has 0 atom stereocenters. The van der Waals surface area contributed by atoms with Gasteiger partial charge in [-0.05, 0) is 52.2 Å². The highest BCUT2D eigenvalue weighted by atomic mass is 16.7. The van der Waals surface area contributed by atoms with E-state index in [0.717, 1.165) is 5.46 Å². The second-order valence-corrected chi connectivity index (χ2v) is 7.68. The first-order valence-electron chi connectivity index (χ1n) is 9.24. The number of hydrogen-bond acceptors (Lipinski definition) is 5. The van der Waals surface area contributed by atoms with Crippen molar-refractivity contribution in [3.05, 3.63) is 23.8 Å². The molecule has 0 aromatic heterocycles. The average Bonchev–Trinajstić information content (AvgIpc) is 2.83. The topological polar surface area (TPSA) is 57.2 Å². The maximum atomic E-state index is 13.0. The van der Waals surface area contributed by atoms with Crippen LogP contribution in [-0.4, -0.2) is 62.0 Å². The molecule has 0 N–H and O–H groups in total. The van der Waals surface area contributed by atoms with E-state index in [4.69, 9.17) is 18.8 Å². The summed E-state index contributed by atoms with van der Waals surface area (Å²) in [5.74, 6) is 0.541. The van der Waals surface area contributed by atoms with Crippen molar-refractivity contribution < 1.29 is 23.6 Å². The summed E-state index contributed by atoms with van der Waals surface area (Å²) in [5.41, 5.74) is 0.514. The van der Waals surface area contributed by atoms with E-state index in [1.165, 1.54) is 0 Å². The van der Waals surface area contributed by atoms with Crippen LogP contribution in [0.25, 0.3) is 0 Å². The lowest BCUT2D eigenvalue weighted by molar-refractivity contribution is 0.00578. The van der Waals surface area contributed by atoms with Crippen LogP contribution in [0.2, 0.25) is 0 Å². The van der Waals surface area contributed by atoms with Crippen LogP contribution in [0.3, 0.4) is 0 Å². The quantitative estimate of drug-likeness (QED) is 0.767. The molecule has 3 rings (SSSR count). The standard InChI is InChI=1S/C19H28BNO5/c1-6-24-16-8-7-14(20-25-18(2,3)19(4,5)26-20)13-15(16)17(22)21-9-11-23-12-10-21/h7-8,13H,6,9-12H2,1-5H3. The molecule has 1 aromatic rings. The Labute approximate surface area is 155 Å². The molecule has 0 bridgehead atoms. The summed E-state index contributed by atoms with van der Waals surface area (Å²) in [7, 11) is -0.507. The first kappa shape index (κ1) is 19.2. The molecule has 0 radical (unpaired) electrons. The number of carbonyl (C=O) groups is 1. The van der Waals surface area contributed by atoms with E-state index in [1.54, 1.807) is 4.90 Å². The van der Waals surface area contributed by atoms with Crippen molar-refractivity contribution in [2.45, 2.75) is 45.8 Å². The number of morpholine rings is 1. The number of ether oxygens (including phenoxy) is 2. The minimum absolute atomic E-state index is 0.0462. The van der Waals surface area contributed by atoms with Gasteiger partial charge in [-0.1, -0.05) is 6.07 Å². The lowest BCUT2D eigenvalue weighted by Crippen LogP contribution is -2.41. The zero-order valence-electron chi connectivity index (χ0n) is 16.3. The highest BCUT2D eigenvalue weighted by Crippen LogP contribution is 2.36. The van der Waals surface area contributed by atoms with Gasteiger partial charge >= 0.3 is 7.12 Å². The molecule has 0 aliphatic carbocycles. The Hall–Kier alpha value is -1.57. The number of hydrogen-bond donors (Lipinski definition) is 0. The number of amides is 1. The van der Waals surface area contributed by atoms with Crippen molar-refractivity contribution >= 4 is 18.5 Å². The normalized spacial score (nSPS) is 21.7. The van der Waals surface area contributed by atoms with Gasteiger partial charge in [0.2, 0.25) is 0 Å². The van der Waals surface area contributed by atoms with E-state index in [0.29, 0.717) is 44.2 Å². The Morgan fingerprint density at radius 3 is 2.35 bits per heavy atom. The van der Waals surface area contributed by atoms with Crippen LogP contribution in [0.5, 0.6) is 5.75 Å². The molecule has 0 spiro atoms. The summed E-state index contributed by atoms with van der Waals surface area (Å²) in [6.07, 6.45) is 0. The number of rotatable bonds is 4. The Morgan fingerprint density at radius 2 is 1.77 bits per heavy atom. The number of benzene rings is 1. The predicted molar refractivity (Wildman–Crippen MR) is 100 cm³/mol. The van der Waals surface area contributed by atoms with Crippen LogP contribution in [0.1, 0.15) is 45.0 Å². The second kappa shape index (κ2) is 7.21. The highest BCUT2D eigenvalue weighted by Gasteiger charge is 2.51. The van der Waals surface area contributed by atoms with Gasteiger partial charge in [0.15, 0.2) is 0 Å². The fourth-order valence-electron chi connectivity index (χ4n) is 3.06. The summed E-state index contributed by atoms with van der Waals surface area (Å²) < 4.78 is 23.3. The van der Waals surface area contributed by atoms with E-state index in [9.17, 15) is 4.79 Å². The van der Waals surface area contributed by atoms with Crippen LogP contribution in [-0.2, 0) is 14.0 Å². The van der Waals surface area contributed by atoms with Crippen molar-refractivity contribution in [1.82, 2.24) is 4.90 Å². The molecule has 7 heteroatoms. The summed E-state index contributed by atoms with van der Waals surface area (Å²) in [6, 6.07) is 5.58. The molecule has 2 heterocycles.